The molecular formula is C18H15N5O2. The van der Waals surface area contributed by atoms with Crippen molar-refractivity contribution >= 4 is 17.0 Å². The van der Waals surface area contributed by atoms with Gasteiger partial charge in [0.05, 0.1) is 47.8 Å². The predicted molar refractivity (Wildman–Crippen MR) is 91.9 cm³/mol. The van der Waals surface area contributed by atoms with Gasteiger partial charge in [0.15, 0.2) is 0 Å². The zero-order valence-corrected chi connectivity index (χ0v) is 13.5. The Hall–Kier alpha value is -3.71. The molecule has 1 amide bonds. The molecule has 2 aromatic heterocycles. The molecule has 0 atom stereocenters. The van der Waals surface area contributed by atoms with E-state index in [-0.39, 0.29) is 6.54 Å². The van der Waals surface area contributed by atoms with E-state index in [1.807, 2.05) is 40.7 Å². The first-order chi connectivity index (χ1) is 12.1. The smallest absolute Gasteiger partial charge is 0.405 e. The van der Waals surface area contributed by atoms with Crippen molar-refractivity contribution in [2.75, 3.05) is 6.54 Å². The number of rotatable bonds is 3. The number of fused-ring (bicyclic) bond motifs is 1. The summed E-state index contributed by atoms with van der Waals surface area (Å²) in [5.41, 5.74) is 3.14. The third kappa shape index (κ3) is 3.62. The molecule has 0 aliphatic rings. The van der Waals surface area contributed by atoms with E-state index in [0.717, 1.165) is 22.2 Å². The highest BCUT2D eigenvalue weighted by Crippen LogP contribution is 2.23. The molecule has 0 bridgehead atoms. The van der Waals surface area contributed by atoms with Gasteiger partial charge < -0.3 is 19.6 Å². The van der Waals surface area contributed by atoms with Crippen LogP contribution in [-0.2, 0) is 13.6 Å². The van der Waals surface area contributed by atoms with Crippen LogP contribution in [0.1, 0.15) is 16.8 Å². The van der Waals surface area contributed by atoms with E-state index in [1.165, 1.54) is 0 Å². The van der Waals surface area contributed by atoms with Crippen LogP contribution in [0.4, 0.5) is 4.79 Å². The van der Waals surface area contributed by atoms with Crippen LogP contribution in [-0.4, -0.2) is 31.9 Å². The van der Waals surface area contributed by atoms with Crippen LogP contribution in [0.2, 0.25) is 0 Å². The predicted octanol–water partition coefficient (Wildman–Crippen LogP) is 1.91. The van der Waals surface area contributed by atoms with Crippen LogP contribution in [0.5, 0.6) is 0 Å². The van der Waals surface area contributed by atoms with Gasteiger partial charge in [0, 0.05) is 24.8 Å². The summed E-state index contributed by atoms with van der Waals surface area (Å²) >= 11 is 0. The molecule has 3 rings (SSSR count). The summed E-state index contributed by atoms with van der Waals surface area (Å²) in [7, 11) is 1.91. The fourth-order valence-electron chi connectivity index (χ4n) is 2.57. The van der Waals surface area contributed by atoms with Crippen molar-refractivity contribution < 1.29 is 9.90 Å². The summed E-state index contributed by atoms with van der Waals surface area (Å²) in [5, 5.41) is 20.9. The Morgan fingerprint density at radius 1 is 1.40 bits per heavy atom. The molecule has 0 fully saturated rings. The molecule has 0 unspecified atom stereocenters. The van der Waals surface area contributed by atoms with Gasteiger partial charge in [-0.3, -0.25) is 0 Å². The van der Waals surface area contributed by atoms with Gasteiger partial charge in [-0.05, 0) is 12.1 Å². The van der Waals surface area contributed by atoms with Crippen LogP contribution in [0.25, 0.3) is 10.9 Å². The maximum atomic E-state index is 10.5. The maximum Gasteiger partial charge on any atom is 0.405 e. The zero-order chi connectivity index (χ0) is 17.8. The van der Waals surface area contributed by atoms with Crippen molar-refractivity contribution in [1.29, 1.82) is 5.26 Å². The molecule has 25 heavy (non-hydrogen) atoms. The van der Waals surface area contributed by atoms with Crippen molar-refractivity contribution in [3.63, 3.8) is 0 Å². The molecule has 0 aliphatic carbocycles. The molecule has 0 saturated heterocycles. The van der Waals surface area contributed by atoms with Crippen LogP contribution in [0, 0.1) is 23.2 Å². The number of hydrogen-bond donors (Lipinski definition) is 2. The van der Waals surface area contributed by atoms with Crippen molar-refractivity contribution in [2.24, 2.45) is 7.05 Å². The molecule has 7 nitrogen and oxygen atoms in total. The number of nitriles is 1. The lowest BCUT2D eigenvalue weighted by Gasteiger charge is -2.02. The number of carbonyl (C=O) groups is 1. The number of nitrogens with zero attached hydrogens (tertiary/aromatic N) is 4. The SMILES string of the molecule is Cn1cnc(Cn2cc(C#CCNC(=O)O)c3ccc(C#N)cc32)c1. The molecule has 0 saturated carbocycles. The summed E-state index contributed by atoms with van der Waals surface area (Å²) in [6.45, 7) is 0.611. The number of aryl methyl sites for hydroxylation is 1. The van der Waals surface area contributed by atoms with E-state index in [1.54, 1.807) is 12.4 Å². The number of hydrogen-bond acceptors (Lipinski definition) is 3. The van der Waals surface area contributed by atoms with E-state index in [4.69, 9.17) is 10.4 Å². The number of imidazole rings is 1. The van der Waals surface area contributed by atoms with Crippen LogP contribution in [0.15, 0.2) is 36.9 Å². The van der Waals surface area contributed by atoms with Crippen LogP contribution < -0.4 is 5.32 Å². The Morgan fingerprint density at radius 3 is 2.92 bits per heavy atom. The molecule has 0 spiro atoms. The molecule has 124 valence electrons. The van der Waals surface area contributed by atoms with E-state index in [0.29, 0.717) is 12.1 Å². The van der Waals surface area contributed by atoms with Crippen molar-refractivity contribution in [3.05, 3.63) is 53.7 Å². The second-order valence-corrected chi connectivity index (χ2v) is 5.51. The summed E-state index contributed by atoms with van der Waals surface area (Å²) in [4.78, 5) is 14.8. The average Bonchev–Trinajstić information content (AvgIpc) is 3.15. The van der Waals surface area contributed by atoms with Crippen molar-refractivity contribution in [3.8, 4) is 17.9 Å². The zero-order valence-electron chi connectivity index (χ0n) is 13.5. The fourth-order valence-corrected chi connectivity index (χ4v) is 2.57. The van der Waals surface area contributed by atoms with Gasteiger partial charge in [0.1, 0.15) is 0 Å². The van der Waals surface area contributed by atoms with E-state index >= 15 is 0 Å². The second kappa shape index (κ2) is 6.81. The Balaban J connectivity index is 2.00. The molecule has 1 aromatic carbocycles. The third-order valence-corrected chi connectivity index (χ3v) is 3.65. The van der Waals surface area contributed by atoms with Crippen LogP contribution in [0.3, 0.4) is 0 Å². The molecule has 0 aliphatic heterocycles. The largest absolute Gasteiger partial charge is 0.465 e. The monoisotopic (exact) mass is 333 g/mol. The first kappa shape index (κ1) is 16.2. The van der Waals surface area contributed by atoms with Crippen molar-refractivity contribution in [1.82, 2.24) is 19.4 Å². The Bertz CT molecular complexity index is 1040. The van der Waals surface area contributed by atoms with Gasteiger partial charge in [-0.25, -0.2) is 9.78 Å². The standard InChI is InChI=1S/C18H15N5O2/c1-22-10-15(21-12-22)11-23-9-14(3-2-6-20-18(24)25)16-5-4-13(8-19)7-17(16)23/h4-5,7,9-10,12,20H,6,11H2,1H3,(H,24,25). The first-order valence-corrected chi connectivity index (χ1v) is 7.52. The summed E-state index contributed by atoms with van der Waals surface area (Å²) in [6, 6.07) is 7.57. The van der Waals surface area contributed by atoms with Gasteiger partial charge in [-0.15, -0.1) is 0 Å². The summed E-state index contributed by atoms with van der Waals surface area (Å²) in [5.74, 6) is 5.78. The molecule has 7 heteroatoms. The molecule has 3 aromatic rings. The number of benzene rings is 1. The molecular weight excluding hydrogens is 318 g/mol. The Kier molecular flexibility index (Phi) is 4.40. The fraction of sp³-hybridized carbons (Fsp3) is 0.167. The first-order valence-electron chi connectivity index (χ1n) is 7.52. The van der Waals surface area contributed by atoms with Gasteiger partial charge in [-0.1, -0.05) is 17.9 Å². The van der Waals surface area contributed by atoms with Gasteiger partial charge in [-0.2, -0.15) is 5.26 Å². The quantitative estimate of drug-likeness (QED) is 0.716. The Labute approximate surface area is 144 Å². The minimum Gasteiger partial charge on any atom is -0.465 e. The van der Waals surface area contributed by atoms with E-state index in [9.17, 15) is 4.79 Å². The van der Waals surface area contributed by atoms with E-state index in [2.05, 4.69) is 28.2 Å². The summed E-state index contributed by atoms with van der Waals surface area (Å²) < 4.78 is 3.87. The molecule has 2 heterocycles. The topological polar surface area (TPSA) is 95.9 Å². The maximum absolute atomic E-state index is 10.5. The number of nitrogens with one attached hydrogen (secondary N) is 1. The van der Waals surface area contributed by atoms with Gasteiger partial charge >= 0.3 is 6.09 Å². The van der Waals surface area contributed by atoms with E-state index < -0.39 is 6.09 Å². The highest BCUT2D eigenvalue weighted by molar-refractivity contribution is 5.88. The normalized spacial score (nSPS) is 10.1. The molecule has 2 N–H and O–H groups in total. The Morgan fingerprint density at radius 2 is 2.24 bits per heavy atom. The third-order valence-electron chi connectivity index (χ3n) is 3.65. The second-order valence-electron chi connectivity index (χ2n) is 5.51. The lowest BCUT2D eigenvalue weighted by molar-refractivity contribution is 0.196. The highest BCUT2D eigenvalue weighted by atomic mass is 16.4. The molecule has 0 radical (unpaired) electrons. The van der Waals surface area contributed by atoms with Crippen molar-refractivity contribution in [2.45, 2.75) is 6.54 Å². The number of carboxylic acid groups (broad SMARTS) is 1. The number of amides is 1. The van der Waals surface area contributed by atoms with Gasteiger partial charge in [0.25, 0.3) is 0 Å². The lowest BCUT2D eigenvalue weighted by Crippen LogP contribution is -2.20. The average molecular weight is 333 g/mol. The minimum absolute atomic E-state index is 0.0541. The summed E-state index contributed by atoms with van der Waals surface area (Å²) in [6.07, 6.45) is 4.46. The van der Waals surface area contributed by atoms with Crippen LogP contribution >= 0.6 is 0 Å². The minimum atomic E-state index is -1.11. The number of aromatic nitrogens is 3. The highest BCUT2D eigenvalue weighted by Gasteiger charge is 2.09. The van der Waals surface area contributed by atoms with Gasteiger partial charge in [0.2, 0.25) is 0 Å². The lowest BCUT2D eigenvalue weighted by atomic mass is 10.1.